The number of hydrogen-bond acceptors (Lipinski definition) is 4. The molecule has 0 aliphatic rings. The van der Waals surface area contributed by atoms with Crippen LogP contribution in [0.4, 0.5) is 11.5 Å². The number of anilines is 1. The van der Waals surface area contributed by atoms with E-state index in [1.807, 2.05) is 6.92 Å². The second kappa shape index (κ2) is 3.65. The zero-order chi connectivity index (χ0) is 11.7. The summed E-state index contributed by atoms with van der Waals surface area (Å²) in [5.74, 6) is 0.456. The van der Waals surface area contributed by atoms with E-state index in [1.54, 1.807) is 18.2 Å². The summed E-state index contributed by atoms with van der Waals surface area (Å²) in [6.45, 7) is 1.81. The maximum absolute atomic E-state index is 10.6. The zero-order valence-corrected chi connectivity index (χ0v) is 8.62. The van der Waals surface area contributed by atoms with Gasteiger partial charge in [-0.1, -0.05) is 6.07 Å². The summed E-state index contributed by atoms with van der Waals surface area (Å²) < 4.78 is 1.47. The number of nitrogen functional groups attached to an aromatic ring is 1. The van der Waals surface area contributed by atoms with Crippen molar-refractivity contribution in [1.82, 2.24) is 9.78 Å². The molecule has 0 atom stereocenters. The van der Waals surface area contributed by atoms with E-state index in [0.717, 1.165) is 5.69 Å². The summed E-state index contributed by atoms with van der Waals surface area (Å²) in [6, 6.07) is 7.89. The summed E-state index contributed by atoms with van der Waals surface area (Å²) in [6.07, 6.45) is 0. The third kappa shape index (κ3) is 1.72. The average molecular weight is 218 g/mol. The Morgan fingerprint density at radius 2 is 2.19 bits per heavy atom. The lowest BCUT2D eigenvalue weighted by Crippen LogP contribution is -2.02. The molecule has 0 saturated heterocycles. The van der Waals surface area contributed by atoms with Crippen LogP contribution in [0, 0.1) is 17.0 Å². The molecule has 6 heteroatoms. The summed E-state index contributed by atoms with van der Waals surface area (Å²) >= 11 is 0. The molecule has 2 aromatic rings. The van der Waals surface area contributed by atoms with Gasteiger partial charge in [-0.25, -0.2) is 4.68 Å². The third-order valence-corrected chi connectivity index (χ3v) is 2.14. The van der Waals surface area contributed by atoms with Gasteiger partial charge in [0.1, 0.15) is 5.82 Å². The highest BCUT2D eigenvalue weighted by Gasteiger charge is 2.09. The molecule has 82 valence electrons. The Hall–Kier alpha value is -2.37. The van der Waals surface area contributed by atoms with Gasteiger partial charge in [-0.05, 0) is 13.0 Å². The molecule has 2 rings (SSSR count). The highest BCUT2D eigenvalue weighted by molar-refractivity contribution is 5.47. The number of rotatable bonds is 2. The van der Waals surface area contributed by atoms with E-state index in [-0.39, 0.29) is 5.69 Å². The summed E-state index contributed by atoms with van der Waals surface area (Å²) in [5.41, 5.74) is 7.10. The Kier molecular flexibility index (Phi) is 2.32. The van der Waals surface area contributed by atoms with Gasteiger partial charge in [-0.3, -0.25) is 10.1 Å². The molecule has 0 unspecified atom stereocenters. The van der Waals surface area contributed by atoms with Crippen LogP contribution in [0.3, 0.4) is 0 Å². The van der Waals surface area contributed by atoms with E-state index < -0.39 is 4.92 Å². The van der Waals surface area contributed by atoms with Gasteiger partial charge in [0, 0.05) is 18.2 Å². The molecule has 16 heavy (non-hydrogen) atoms. The van der Waals surface area contributed by atoms with E-state index >= 15 is 0 Å². The molecular formula is C10H10N4O2. The van der Waals surface area contributed by atoms with Crippen molar-refractivity contribution in [3.05, 3.63) is 46.1 Å². The second-order valence-electron chi connectivity index (χ2n) is 3.40. The Bertz CT molecular complexity index is 548. The molecule has 0 fully saturated rings. The molecule has 0 aliphatic carbocycles. The fourth-order valence-electron chi connectivity index (χ4n) is 1.46. The number of nitro benzene ring substituents is 1. The van der Waals surface area contributed by atoms with Gasteiger partial charge in [0.15, 0.2) is 0 Å². The lowest BCUT2D eigenvalue weighted by molar-refractivity contribution is -0.384. The fourth-order valence-corrected chi connectivity index (χ4v) is 1.46. The molecular weight excluding hydrogens is 208 g/mol. The van der Waals surface area contributed by atoms with Crippen molar-refractivity contribution in [3.8, 4) is 5.69 Å². The van der Waals surface area contributed by atoms with Gasteiger partial charge in [-0.15, -0.1) is 0 Å². The van der Waals surface area contributed by atoms with Crippen molar-refractivity contribution in [1.29, 1.82) is 0 Å². The molecule has 1 aromatic carbocycles. The van der Waals surface area contributed by atoms with Crippen molar-refractivity contribution < 1.29 is 4.92 Å². The van der Waals surface area contributed by atoms with Gasteiger partial charge >= 0.3 is 0 Å². The molecule has 0 bridgehead atoms. The predicted octanol–water partition coefficient (Wildman–Crippen LogP) is 1.67. The standard InChI is InChI=1S/C10H10N4O2/c1-7-5-10(11)13(12-7)8-3-2-4-9(6-8)14(15)16/h2-6H,11H2,1H3. The monoisotopic (exact) mass is 218 g/mol. The number of hydrogen-bond donors (Lipinski definition) is 1. The summed E-state index contributed by atoms with van der Waals surface area (Å²) in [4.78, 5) is 10.2. The molecule has 0 amide bonds. The maximum atomic E-state index is 10.6. The van der Waals surface area contributed by atoms with Gasteiger partial charge in [0.05, 0.1) is 16.3 Å². The first-order valence-electron chi connectivity index (χ1n) is 4.65. The quantitative estimate of drug-likeness (QED) is 0.613. The van der Waals surface area contributed by atoms with Crippen LogP contribution >= 0.6 is 0 Å². The first-order chi connectivity index (χ1) is 7.58. The first-order valence-corrected chi connectivity index (χ1v) is 4.65. The van der Waals surface area contributed by atoms with Crippen molar-refractivity contribution in [3.63, 3.8) is 0 Å². The molecule has 6 nitrogen and oxygen atoms in total. The maximum Gasteiger partial charge on any atom is 0.271 e. The number of non-ortho nitro benzene ring substituents is 1. The largest absolute Gasteiger partial charge is 0.384 e. The minimum Gasteiger partial charge on any atom is -0.384 e. The van der Waals surface area contributed by atoms with Gasteiger partial charge in [0.25, 0.3) is 5.69 Å². The van der Waals surface area contributed by atoms with E-state index in [1.165, 1.54) is 16.8 Å². The van der Waals surface area contributed by atoms with Crippen molar-refractivity contribution >= 4 is 11.5 Å². The number of nitrogens with zero attached hydrogens (tertiary/aromatic N) is 3. The average Bonchev–Trinajstić information content (AvgIpc) is 2.58. The first kappa shape index (κ1) is 10.2. The van der Waals surface area contributed by atoms with E-state index in [2.05, 4.69) is 5.10 Å². The van der Waals surface area contributed by atoms with Crippen molar-refractivity contribution in [2.75, 3.05) is 5.73 Å². The van der Waals surface area contributed by atoms with Crippen LogP contribution in [0.5, 0.6) is 0 Å². The topological polar surface area (TPSA) is 87.0 Å². The highest BCUT2D eigenvalue weighted by atomic mass is 16.6. The minimum atomic E-state index is -0.448. The Balaban J connectivity index is 2.52. The lowest BCUT2D eigenvalue weighted by atomic mass is 10.3. The van der Waals surface area contributed by atoms with Crippen LogP contribution in [-0.4, -0.2) is 14.7 Å². The highest BCUT2D eigenvalue weighted by Crippen LogP contribution is 2.19. The Labute approximate surface area is 91.5 Å². The number of aryl methyl sites for hydroxylation is 1. The van der Waals surface area contributed by atoms with E-state index in [9.17, 15) is 10.1 Å². The Morgan fingerprint density at radius 3 is 2.75 bits per heavy atom. The van der Waals surface area contributed by atoms with Crippen molar-refractivity contribution in [2.45, 2.75) is 6.92 Å². The minimum absolute atomic E-state index is 0.0186. The van der Waals surface area contributed by atoms with Gasteiger partial charge in [-0.2, -0.15) is 5.10 Å². The SMILES string of the molecule is Cc1cc(N)n(-c2cccc([N+](=O)[O-])c2)n1. The fraction of sp³-hybridized carbons (Fsp3) is 0.100. The third-order valence-electron chi connectivity index (χ3n) is 2.14. The lowest BCUT2D eigenvalue weighted by Gasteiger charge is -2.02. The van der Waals surface area contributed by atoms with Crippen LogP contribution in [-0.2, 0) is 0 Å². The van der Waals surface area contributed by atoms with E-state index in [0.29, 0.717) is 11.5 Å². The number of nitrogens with two attached hydrogens (primary N) is 1. The van der Waals surface area contributed by atoms with Gasteiger partial charge in [0.2, 0.25) is 0 Å². The molecule has 0 spiro atoms. The molecule has 0 saturated carbocycles. The number of nitro groups is 1. The van der Waals surface area contributed by atoms with Crippen LogP contribution in [0.2, 0.25) is 0 Å². The van der Waals surface area contributed by atoms with Gasteiger partial charge < -0.3 is 5.73 Å². The zero-order valence-electron chi connectivity index (χ0n) is 8.62. The molecule has 2 N–H and O–H groups in total. The molecule has 1 aromatic heterocycles. The number of benzene rings is 1. The van der Waals surface area contributed by atoms with E-state index in [4.69, 9.17) is 5.73 Å². The van der Waals surface area contributed by atoms with Crippen molar-refractivity contribution in [2.24, 2.45) is 0 Å². The second-order valence-corrected chi connectivity index (χ2v) is 3.40. The van der Waals surface area contributed by atoms with Crippen LogP contribution in [0.15, 0.2) is 30.3 Å². The van der Waals surface area contributed by atoms with Crippen LogP contribution in [0.25, 0.3) is 5.69 Å². The van der Waals surface area contributed by atoms with Crippen LogP contribution < -0.4 is 5.73 Å². The predicted molar refractivity (Wildman–Crippen MR) is 59.4 cm³/mol. The normalized spacial score (nSPS) is 10.3. The molecule has 0 radical (unpaired) electrons. The summed E-state index contributed by atoms with van der Waals surface area (Å²) in [7, 11) is 0. The summed E-state index contributed by atoms with van der Waals surface area (Å²) in [5, 5.41) is 14.8. The molecule has 1 heterocycles. The smallest absolute Gasteiger partial charge is 0.271 e. The van der Waals surface area contributed by atoms with Crippen LogP contribution in [0.1, 0.15) is 5.69 Å². The Morgan fingerprint density at radius 1 is 1.44 bits per heavy atom. The number of aromatic nitrogens is 2. The molecule has 0 aliphatic heterocycles.